The van der Waals surface area contributed by atoms with E-state index in [0.717, 1.165) is 15.7 Å². The third-order valence-electron chi connectivity index (χ3n) is 3.18. The molecule has 1 aliphatic heterocycles. The Morgan fingerprint density at radius 3 is 2.47 bits per heavy atom. The molecule has 94 valence electrons. The SMILES string of the molecule is C=C1c2ccccc2C(=O)N1c1ccc(Br)c(C)n1. The van der Waals surface area contributed by atoms with Gasteiger partial charge in [-0.05, 0) is 41.1 Å². The van der Waals surface area contributed by atoms with E-state index >= 15 is 0 Å². The van der Waals surface area contributed by atoms with Crippen molar-refractivity contribution in [3.8, 4) is 0 Å². The molecular weight excluding hydrogens is 304 g/mol. The smallest absolute Gasteiger partial charge is 0.264 e. The Labute approximate surface area is 119 Å². The van der Waals surface area contributed by atoms with Gasteiger partial charge in [-0.1, -0.05) is 24.8 Å². The Morgan fingerprint density at radius 2 is 1.84 bits per heavy atom. The van der Waals surface area contributed by atoms with Crippen LogP contribution in [0.5, 0.6) is 0 Å². The van der Waals surface area contributed by atoms with Crippen LogP contribution in [-0.2, 0) is 0 Å². The molecule has 1 aliphatic rings. The van der Waals surface area contributed by atoms with E-state index in [1.165, 1.54) is 0 Å². The third kappa shape index (κ3) is 1.79. The number of aromatic nitrogens is 1. The fourth-order valence-electron chi connectivity index (χ4n) is 2.18. The molecule has 0 bridgehead atoms. The number of aryl methyl sites for hydroxylation is 1. The zero-order chi connectivity index (χ0) is 13.6. The normalized spacial score (nSPS) is 13.9. The topological polar surface area (TPSA) is 33.2 Å². The lowest BCUT2D eigenvalue weighted by molar-refractivity contribution is 0.101. The summed E-state index contributed by atoms with van der Waals surface area (Å²) in [6, 6.07) is 11.2. The van der Waals surface area contributed by atoms with E-state index in [2.05, 4.69) is 27.5 Å². The van der Waals surface area contributed by atoms with Crippen molar-refractivity contribution >= 4 is 33.4 Å². The summed E-state index contributed by atoms with van der Waals surface area (Å²) in [7, 11) is 0. The second kappa shape index (κ2) is 4.31. The van der Waals surface area contributed by atoms with Gasteiger partial charge in [0.25, 0.3) is 5.91 Å². The van der Waals surface area contributed by atoms with Gasteiger partial charge in [0, 0.05) is 15.6 Å². The minimum absolute atomic E-state index is 0.0742. The van der Waals surface area contributed by atoms with Crippen molar-refractivity contribution < 1.29 is 4.79 Å². The van der Waals surface area contributed by atoms with Crippen LogP contribution in [0, 0.1) is 6.92 Å². The highest BCUT2D eigenvalue weighted by Crippen LogP contribution is 2.35. The van der Waals surface area contributed by atoms with E-state index in [9.17, 15) is 4.79 Å². The van der Waals surface area contributed by atoms with Crippen LogP contribution in [0.2, 0.25) is 0 Å². The van der Waals surface area contributed by atoms with E-state index in [4.69, 9.17) is 0 Å². The second-order valence-corrected chi connectivity index (χ2v) is 5.22. The van der Waals surface area contributed by atoms with Crippen molar-refractivity contribution in [2.75, 3.05) is 4.90 Å². The van der Waals surface area contributed by atoms with E-state index in [1.807, 2.05) is 43.3 Å². The predicted molar refractivity (Wildman–Crippen MR) is 79.0 cm³/mol. The lowest BCUT2D eigenvalue weighted by Gasteiger charge is -2.17. The zero-order valence-corrected chi connectivity index (χ0v) is 11.9. The van der Waals surface area contributed by atoms with E-state index in [0.29, 0.717) is 17.1 Å². The first kappa shape index (κ1) is 12.1. The molecule has 0 spiro atoms. The van der Waals surface area contributed by atoms with E-state index in [1.54, 1.807) is 4.90 Å². The minimum Gasteiger partial charge on any atom is -0.268 e. The summed E-state index contributed by atoms with van der Waals surface area (Å²) >= 11 is 3.41. The van der Waals surface area contributed by atoms with Gasteiger partial charge in [0.1, 0.15) is 5.82 Å². The number of hydrogen-bond donors (Lipinski definition) is 0. The number of benzene rings is 1. The summed E-state index contributed by atoms with van der Waals surface area (Å²) < 4.78 is 0.922. The standard InChI is InChI=1S/C15H11BrN2O/c1-9-13(16)7-8-14(17-9)18-10(2)11-5-3-4-6-12(11)15(18)19/h3-8H,2H2,1H3. The molecule has 0 saturated carbocycles. The summed E-state index contributed by atoms with van der Waals surface area (Å²) in [6.45, 7) is 5.90. The van der Waals surface area contributed by atoms with Gasteiger partial charge >= 0.3 is 0 Å². The monoisotopic (exact) mass is 314 g/mol. The van der Waals surface area contributed by atoms with Gasteiger partial charge in [0.2, 0.25) is 0 Å². The average molecular weight is 315 g/mol. The Balaban J connectivity index is 2.11. The number of nitrogens with zero attached hydrogens (tertiary/aromatic N) is 2. The molecule has 19 heavy (non-hydrogen) atoms. The number of rotatable bonds is 1. The molecule has 0 unspecified atom stereocenters. The van der Waals surface area contributed by atoms with Gasteiger partial charge in [0.15, 0.2) is 0 Å². The first-order valence-corrected chi connectivity index (χ1v) is 6.65. The fourth-order valence-corrected chi connectivity index (χ4v) is 2.40. The number of fused-ring (bicyclic) bond motifs is 1. The largest absolute Gasteiger partial charge is 0.268 e. The lowest BCUT2D eigenvalue weighted by atomic mass is 10.1. The van der Waals surface area contributed by atoms with Gasteiger partial charge in [-0.2, -0.15) is 0 Å². The molecule has 4 heteroatoms. The summed E-state index contributed by atoms with van der Waals surface area (Å²) in [5.41, 5.74) is 3.06. The number of amides is 1. The van der Waals surface area contributed by atoms with Gasteiger partial charge in [-0.25, -0.2) is 4.98 Å². The number of anilines is 1. The molecule has 3 nitrogen and oxygen atoms in total. The first-order chi connectivity index (χ1) is 9.09. The van der Waals surface area contributed by atoms with Crippen LogP contribution in [0.1, 0.15) is 21.6 Å². The molecule has 0 fully saturated rings. The molecule has 0 saturated heterocycles. The van der Waals surface area contributed by atoms with Crippen molar-refractivity contribution in [2.24, 2.45) is 0 Å². The van der Waals surface area contributed by atoms with Crippen molar-refractivity contribution in [1.29, 1.82) is 0 Å². The molecule has 0 aliphatic carbocycles. The molecule has 1 aromatic heterocycles. The maximum Gasteiger partial charge on any atom is 0.264 e. The molecule has 0 N–H and O–H groups in total. The summed E-state index contributed by atoms with van der Waals surface area (Å²) in [4.78, 5) is 18.4. The fraction of sp³-hybridized carbons (Fsp3) is 0.0667. The summed E-state index contributed by atoms with van der Waals surface area (Å²) in [6.07, 6.45) is 0. The highest BCUT2D eigenvalue weighted by atomic mass is 79.9. The molecule has 0 radical (unpaired) electrons. The molecule has 1 aromatic carbocycles. The van der Waals surface area contributed by atoms with Gasteiger partial charge in [-0.3, -0.25) is 9.69 Å². The molecule has 0 atom stereocenters. The molecule has 1 amide bonds. The Hall–Kier alpha value is -1.94. The van der Waals surface area contributed by atoms with Gasteiger partial charge in [0.05, 0.1) is 11.4 Å². The highest BCUT2D eigenvalue weighted by molar-refractivity contribution is 9.10. The molecule has 2 aromatic rings. The number of pyridine rings is 1. The quantitative estimate of drug-likeness (QED) is 0.802. The van der Waals surface area contributed by atoms with Crippen LogP contribution in [-0.4, -0.2) is 10.9 Å². The van der Waals surface area contributed by atoms with Crippen LogP contribution in [0.3, 0.4) is 0 Å². The van der Waals surface area contributed by atoms with Crippen molar-refractivity contribution in [1.82, 2.24) is 4.98 Å². The van der Waals surface area contributed by atoms with Gasteiger partial charge < -0.3 is 0 Å². The van der Waals surface area contributed by atoms with Gasteiger partial charge in [-0.15, -0.1) is 0 Å². The average Bonchev–Trinajstić information content (AvgIpc) is 2.66. The van der Waals surface area contributed by atoms with Crippen molar-refractivity contribution in [3.05, 3.63) is 64.3 Å². The third-order valence-corrected chi connectivity index (χ3v) is 4.02. The zero-order valence-electron chi connectivity index (χ0n) is 10.4. The minimum atomic E-state index is -0.0742. The molecular formula is C15H11BrN2O. The number of carbonyl (C=O) groups excluding carboxylic acids is 1. The maximum atomic E-state index is 12.4. The van der Waals surface area contributed by atoms with Crippen LogP contribution in [0.15, 0.2) is 47.4 Å². The van der Waals surface area contributed by atoms with Crippen LogP contribution in [0.4, 0.5) is 5.82 Å². The van der Waals surface area contributed by atoms with Crippen molar-refractivity contribution in [3.63, 3.8) is 0 Å². The Morgan fingerprint density at radius 1 is 1.16 bits per heavy atom. The highest BCUT2D eigenvalue weighted by Gasteiger charge is 2.32. The number of halogens is 1. The number of carbonyl (C=O) groups is 1. The molecule has 3 rings (SSSR count). The van der Waals surface area contributed by atoms with Crippen LogP contribution < -0.4 is 4.90 Å². The Bertz CT molecular complexity index is 674. The van der Waals surface area contributed by atoms with E-state index in [-0.39, 0.29) is 5.91 Å². The van der Waals surface area contributed by atoms with Crippen LogP contribution in [0.25, 0.3) is 5.70 Å². The van der Waals surface area contributed by atoms with Crippen molar-refractivity contribution in [2.45, 2.75) is 6.92 Å². The summed E-state index contributed by atoms with van der Waals surface area (Å²) in [5.74, 6) is 0.529. The Kier molecular flexibility index (Phi) is 2.75. The number of hydrogen-bond acceptors (Lipinski definition) is 2. The molecule has 2 heterocycles. The lowest BCUT2D eigenvalue weighted by Crippen LogP contribution is -2.23. The second-order valence-electron chi connectivity index (χ2n) is 4.37. The van der Waals surface area contributed by atoms with Crippen LogP contribution >= 0.6 is 15.9 Å². The van der Waals surface area contributed by atoms with E-state index < -0.39 is 0 Å². The first-order valence-electron chi connectivity index (χ1n) is 5.85. The maximum absolute atomic E-state index is 12.4. The predicted octanol–water partition coefficient (Wildman–Crippen LogP) is 3.78. The summed E-state index contributed by atoms with van der Waals surface area (Å²) in [5, 5.41) is 0.